The van der Waals surface area contributed by atoms with Gasteiger partial charge in [-0.1, -0.05) is 6.92 Å². The van der Waals surface area contributed by atoms with Crippen molar-refractivity contribution >= 4 is 16.9 Å². The summed E-state index contributed by atoms with van der Waals surface area (Å²) >= 11 is 0. The maximum absolute atomic E-state index is 12.8. The first kappa shape index (κ1) is 18.1. The van der Waals surface area contributed by atoms with E-state index in [2.05, 4.69) is 27.6 Å². The minimum absolute atomic E-state index is 0.133. The molecule has 0 aliphatic heterocycles. The van der Waals surface area contributed by atoms with Gasteiger partial charge in [0.05, 0.1) is 23.4 Å². The normalized spacial score (nSPS) is 11.4. The number of nitrogens with one attached hydrogen (secondary N) is 2. The van der Waals surface area contributed by atoms with Crippen molar-refractivity contribution in [1.29, 1.82) is 0 Å². The van der Waals surface area contributed by atoms with E-state index in [9.17, 15) is 4.79 Å². The molecule has 0 spiro atoms. The van der Waals surface area contributed by atoms with Gasteiger partial charge in [-0.05, 0) is 45.0 Å². The number of furan rings is 1. The van der Waals surface area contributed by atoms with Gasteiger partial charge in [0.15, 0.2) is 11.4 Å². The molecule has 0 aromatic carbocycles. The summed E-state index contributed by atoms with van der Waals surface area (Å²) in [4.78, 5) is 17.4. The van der Waals surface area contributed by atoms with Crippen molar-refractivity contribution in [2.24, 2.45) is 0 Å². The lowest BCUT2D eigenvalue weighted by Gasteiger charge is -2.10. The van der Waals surface area contributed by atoms with Crippen LogP contribution in [0.2, 0.25) is 0 Å². The highest BCUT2D eigenvalue weighted by Gasteiger charge is 2.19. The average molecular weight is 355 g/mol. The molecule has 3 rings (SSSR count). The van der Waals surface area contributed by atoms with Gasteiger partial charge >= 0.3 is 0 Å². The van der Waals surface area contributed by atoms with Crippen LogP contribution in [0.1, 0.15) is 43.6 Å². The van der Waals surface area contributed by atoms with Crippen molar-refractivity contribution in [2.45, 2.75) is 33.2 Å². The van der Waals surface area contributed by atoms with Crippen LogP contribution in [-0.2, 0) is 0 Å². The molecule has 3 aromatic heterocycles. The molecule has 0 fully saturated rings. The number of hydrogen-bond donors (Lipinski definition) is 2. The number of rotatable bonds is 8. The van der Waals surface area contributed by atoms with Gasteiger partial charge in [0.2, 0.25) is 0 Å². The highest BCUT2D eigenvalue weighted by molar-refractivity contribution is 6.06. The van der Waals surface area contributed by atoms with Crippen molar-refractivity contribution in [3.63, 3.8) is 0 Å². The Balaban J connectivity index is 1.94. The number of fused-ring (bicyclic) bond motifs is 1. The third-order valence-electron chi connectivity index (χ3n) is 4.09. The van der Waals surface area contributed by atoms with Gasteiger partial charge in [0, 0.05) is 19.1 Å². The molecule has 0 saturated carbocycles. The van der Waals surface area contributed by atoms with Gasteiger partial charge in [0.1, 0.15) is 5.69 Å². The molecule has 0 radical (unpaired) electrons. The maximum atomic E-state index is 12.8. The third-order valence-corrected chi connectivity index (χ3v) is 4.09. The Morgan fingerprint density at radius 1 is 1.31 bits per heavy atom. The molecule has 138 valence electrons. The fourth-order valence-electron chi connectivity index (χ4n) is 2.80. The topological polar surface area (TPSA) is 85.0 Å². The summed E-state index contributed by atoms with van der Waals surface area (Å²) in [7, 11) is 0. The molecule has 3 aromatic rings. The molecule has 0 aliphatic carbocycles. The monoisotopic (exact) mass is 355 g/mol. The fraction of sp³-hybridized carbons (Fsp3) is 0.421. The minimum atomic E-state index is -0.133. The van der Waals surface area contributed by atoms with Crippen molar-refractivity contribution in [1.82, 2.24) is 25.4 Å². The molecule has 2 N–H and O–H groups in total. The van der Waals surface area contributed by atoms with E-state index in [0.29, 0.717) is 29.2 Å². The Morgan fingerprint density at radius 3 is 2.85 bits per heavy atom. The Kier molecular flexibility index (Phi) is 5.68. The van der Waals surface area contributed by atoms with Crippen molar-refractivity contribution < 1.29 is 9.21 Å². The van der Waals surface area contributed by atoms with Gasteiger partial charge in [-0.25, -0.2) is 9.67 Å². The molecule has 0 atom stereocenters. The predicted molar refractivity (Wildman–Crippen MR) is 101 cm³/mol. The Morgan fingerprint density at radius 2 is 2.15 bits per heavy atom. The zero-order valence-corrected chi connectivity index (χ0v) is 15.5. The van der Waals surface area contributed by atoms with E-state index >= 15 is 0 Å². The van der Waals surface area contributed by atoms with E-state index in [0.717, 1.165) is 24.9 Å². The molecule has 0 bridgehead atoms. The van der Waals surface area contributed by atoms with E-state index < -0.39 is 0 Å². The van der Waals surface area contributed by atoms with Gasteiger partial charge in [0.25, 0.3) is 5.91 Å². The van der Waals surface area contributed by atoms with E-state index in [1.165, 1.54) is 0 Å². The van der Waals surface area contributed by atoms with E-state index in [4.69, 9.17) is 4.42 Å². The summed E-state index contributed by atoms with van der Waals surface area (Å²) in [5, 5.41) is 11.4. The quantitative estimate of drug-likeness (QED) is 0.607. The van der Waals surface area contributed by atoms with Crippen LogP contribution in [0.15, 0.2) is 35.1 Å². The zero-order valence-electron chi connectivity index (χ0n) is 15.5. The predicted octanol–water partition coefficient (Wildman–Crippen LogP) is 3.00. The average Bonchev–Trinajstić information content (AvgIpc) is 3.29. The molecule has 0 unspecified atom stereocenters. The fourth-order valence-corrected chi connectivity index (χ4v) is 2.80. The lowest BCUT2D eigenvalue weighted by molar-refractivity contribution is 0.0955. The summed E-state index contributed by atoms with van der Waals surface area (Å²) in [6.07, 6.45) is 4.37. The molecular formula is C19H25N5O2. The number of aromatic nitrogens is 3. The highest BCUT2D eigenvalue weighted by atomic mass is 16.3. The number of carbonyl (C=O) groups excluding carboxylic acids is 1. The van der Waals surface area contributed by atoms with Crippen LogP contribution in [-0.4, -0.2) is 40.3 Å². The number of pyridine rings is 1. The highest BCUT2D eigenvalue weighted by Crippen LogP contribution is 2.26. The number of nitrogens with zero attached hydrogens (tertiary/aromatic N) is 3. The van der Waals surface area contributed by atoms with Crippen LogP contribution in [0.4, 0.5) is 0 Å². The second-order valence-corrected chi connectivity index (χ2v) is 6.46. The summed E-state index contributed by atoms with van der Waals surface area (Å²) in [5.74, 6) is 0.494. The van der Waals surface area contributed by atoms with E-state index in [-0.39, 0.29) is 11.9 Å². The third kappa shape index (κ3) is 3.77. The summed E-state index contributed by atoms with van der Waals surface area (Å²) in [5.41, 5.74) is 1.87. The standard InChI is InChI=1S/C19H25N5O2/c1-4-7-20-8-9-21-19(25)14-11-16(17-6-5-10-26-17)23-18-15(14)12-22-24(18)13(2)3/h5-6,10-13,20H,4,7-9H2,1-3H3,(H,21,25). The molecular weight excluding hydrogens is 330 g/mol. The van der Waals surface area contributed by atoms with Crippen molar-refractivity contribution in [2.75, 3.05) is 19.6 Å². The number of amides is 1. The Labute approximate surface area is 152 Å². The molecule has 0 saturated heterocycles. The first-order valence-electron chi connectivity index (χ1n) is 9.03. The molecule has 1 amide bonds. The molecule has 7 nitrogen and oxygen atoms in total. The van der Waals surface area contributed by atoms with Crippen LogP contribution in [0.25, 0.3) is 22.5 Å². The van der Waals surface area contributed by atoms with Crippen LogP contribution >= 0.6 is 0 Å². The van der Waals surface area contributed by atoms with Gasteiger partial charge in [-0.3, -0.25) is 4.79 Å². The van der Waals surface area contributed by atoms with Crippen molar-refractivity contribution in [3.05, 3.63) is 36.2 Å². The van der Waals surface area contributed by atoms with Crippen LogP contribution in [0.3, 0.4) is 0 Å². The first-order chi connectivity index (χ1) is 12.6. The van der Waals surface area contributed by atoms with E-state index in [1.807, 2.05) is 24.6 Å². The maximum Gasteiger partial charge on any atom is 0.252 e. The zero-order chi connectivity index (χ0) is 18.5. The van der Waals surface area contributed by atoms with Crippen LogP contribution in [0, 0.1) is 0 Å². The summed E-state index contributed by atoms with van der Waals surface area (Å²) in [6, 6.07) is 5.55. The van der Waals surface area contributed by atoms with Gasteiger partial charge in [-0.15, -0.1) is 0 Å². The summed E-state index contributed by atoms with van der Waals surface area (Å²) in [6.45, 7) is 8.43. The molecule has 0 aliphatic rings. The minimum Gasteiger partial charge on any atom is -0.463 e. The molecule has 7 heteroatoms. The first-order valence-corrected chi connectivity index (χ1v) is 9.03. The lowest BCUT2D eigenvalue weighted by atomic mass is 10.1. The van der Waals surface area contributed by atoms with Crippen LogP contribution < -0.4 is 10.6 Å². The second kappa shape index (κ2) is 8.14. The smallest absolute Gasteiger partial charge is 0.252 e. The second-order valence-electron chi connectivity index (χ2n) is 6.46. The van der Waals surface area contributed by atoms with Crippen molar-refractivity contribution in [3.8, 4) is 11.5 Å². The largest absolute Gasteiger partial charge is 0.463 e. The summed E-state index contributed by atoms with van der Waals surface area (Å²) < 4.78 is 7.29. The number of carbonyl (C=O) groups is 1. The molecule has 26 heavy (non-hydrogen) atoms. The SMILES string of the molecule is CCCNCCNC(=O)c1cc(-c2ccco2)nc2c1cnn2C(C)C. The van der Waals surface area contributed by atoms with Crippen LogP contribution in [0.5, 0.6) is 0 Å². The Hall–Kier alpha value is -2.67. The lowest BCUT2D eigenvalue weighted by Crippen LogP contribution is -2.32. The van der Waals surface area contributed by atoms with Gasteiger partial charge < -0.3 is 15.1 Å². The van der Waals surface area contributed by atoms with E-state index in [1.54, 1.807) is 24.6 Å². The molecule has 3 heterocycles. The Bertz CT molecular complexity index is 868. The van der Waals surface area contributed by atoms with Gasteiger partial charge in [-0.2, -0.15) is 5.10 Å². The number of hydrogen-bond acceptors (Lipinski definition) is 5.